The van der Waals surface area contributed by atoms with Crippen LogP contribution in [0.3, 0.4) is 0 Å². The minimum absolute atomic E-state index is 0.304. The van der Waals surface area contributed by atoms with E-state index >= 15 is 0 Å². The molecule has 0 saturated heterocycles. The van der Waals surface area contributed by atoms with E-state index in [0.29, 0.717) is 16.9 Å². The zero-order chi connectivity index (χ0) is 11.5. The summed E-state index contributed by atoms with van der Waals surface area (Å²) in [6.07, 6.45) is 3.11. The van der Waals surface area contributed by atoms with Gasteiger partial charge in [-0.05, 0) is 6.07 Å². The second-order valence-corrected chi connectivity index (χ2v) is 3.12. The third-order valence-electron chi connectivity index (χ3n) is 2.14. The summed E-state index contributed by atoms with van der Waals surface area (Å²) in [5.74, 6) is 0.379. The van der Waals surface area contributed by atoms with E-state index < -0.39 is 7.12 Å². The molecule has 16 heavy (non-hydrogen) atoms. The Morgan fingerprint density at radius 3 is 2.50 bits per heavy atom. The number of methoxy groups -OCH3 is 1. The van der Waals surface area contributed by atoms with E-state index in [0.717, 1.165) is 0 Å². The first-order chi connectivity index (χ1) is 7.72. The van der Waals surface area contributed by atoms with Crippen LogP contribution in [0.1, 0.15) is 0 Å². The van der Waals surface area contributed by atoms with Gasteiger partial charge in [-0.3, -0.25) is 0 Å². The zero-order valence-electron chi connectivity index (χ0n) is 8.61. The SMILES string of the molecule is COc1cc(-n2nccn2)ccc1B(O)O. The second-order valence-electron chi connectivity index (χ2n) is 3.12. The Morgan fingerprint density at radius 1 is 1.25 bits per heavy atom. The van der Waals surface area contributed by atoms with Crippen LogP contribution in [-0.2, 0) is 0 Å². The molecule has 1 aromatic heterocycles. The van der Waals surface area contributed by atoms with Crippen LogP contribution in [0.15, 0.2) is 30.6 Å². The van der Waals surface area contributed by atoms with Gasteiger partial charge in [-0.15, -0.1) is 0 Å². The van der Waals surface area contributed by atoms with Crippen molar-refractivity contribution < 1.29 is 14.8 Å². The van der Waals surface area contributed by atoms with Crippen molar-refractivity contribution in [2.24, 2.45) is 0 Å². The molecule has 0 spiro atoms. The van der Waals surface area contributed by atoms with Gasteiger partial charge in [0.15, 0.2) is 0 Å². The van der Waals surface area contributed by atoms with Crippen molar-refractivity contribution in [1.82, 2.24) is 15.0 Å². The maximum atomic E-state index is 9.09. The molecule has 2 aromatic rings. The van der Waals surface area contributed by atoms with Crippen LogP contribution in [0.5, 0.6) is 5.75 Å². The molecule has 82 valence electrons. The molecule has 0 aliphatic rings. The lowest BCUT2D eigenvalue weighted by molar-refractivity contribution is 0.403. The molecular weight excluding hydrogens is 209 g/mol. The van der Waals surface area contributed by atoms with Crippen molar-refractivity contribution in [2.45, 2.75) is 0 Å². The van der Waals surface area contributed by atoms with Crippen LogP contribution in [-0.4, -0.2) is 39.3 Å². The molecule has 2 rings (SSSR count). The number of rotatable bonds is 3. The Balaban J connectivity index is 2.45. The van der Waals surface area contributed by atoms with Crippen molar-refractivity contribution in [3.05, 3.63) is 30.6 Å². The Labute approximate surface area is 92.2 Å². The fraction of sp³-hybridized carbons (Fsp3) is 0.111. The van der Waals surface area contributed by atoms with Gasteiger partial charge < -0.3 is 14.8 Å². The summed E-state index contributed by atoms with van der Waals surface area (Å²) in [5, 5.41) is 26.1. The number of hydrogen-bond acceptors (Lipinski definition) is 5. The Bertz CT molecular complexity index is 473. The van der Waals surface area contributed by atoms with Crippen LogP contribution in [0, 0.1) is 0 Å². The smallest absolute Gasteiger partial charge is 0.492 e. The predicted octanol–water partition coefficient (Wildman–Crippen LogP) is -1.04. The second kappa shape index (κ2) is 4.34. The molecule has 0 aliphatic carbocycles. The summed E-state index contributed by atoms with van der Waals surface area (Å²) in [7, 11) is -0.101. The summed E-state index contributed by atoms with van der Waals surface area (Å²) >= 11 is 0. The Hall–Kier alpha value is -1.86. The molecule has 2 N–H and O–H groups in total. The number of aromatic nitrogens is 3. The number of ether oxygens (including phenoxy) is 1. The van der Waals surface area contributed by atoms with E-state index in [-0.39, 0.29) is 0 Å². The van der Waals surface area contributed by atoms with Crippen LogP contribution in [0.4, 0.5) is 0 Å². The standard InChI is InChI=1S/C9H10BN3O3/c1-16-9-6-7(13-11-4-5-12-13)2-3-8(9)10(14)15/h2-6,14-15H,1H3. The van der Waals surface area contributed by atoms with Gasteiger partial charge in [0.05, 0.1) is 25.2 Å². The lowest BCUT2D eigenvalue weighted by atomic mass is 9.79. The fourth-order valence-corrected chi connectivity index (χ4v) is 1.39. The molecule has 0 radical (unpaired) electrons. The Morgan fingerprint density at radius 2 is 1.94 bits per heavy atom. The van der Waals surface area contributed by atoms with Crippen molar-refractivity contribution >= 4 is 12.6 Å². The lowest BCUT2D eigenvalue weighted by Gasteiger charge is -2.09. The van der Waals surface area contributed by atoms with Gasteiger partial charge >= 0.3 is 7.12 Å². The van der Waals surface area contributed by atoms with E-state index in [9.17, 15) is 0 Å². The highest BCUT2D eigenvalue weighted by molar-refractivity contribution is 6.59. The highest BCUT2D eigenvalue weighted by atomic mass is 16.5. The number of hydrogen-bond donors (Lipinski definition) is 2. The highest BCUT2D eigenvalue weighted by Crippen LogP contribution is 2.13. The average molecular weight is 219 g/mol. The Kier molecular flexibility index (Phi) is 2.89. The van der Waals surface area contributed by atoms with Crippen LogP contribution >= 0.6 is 0 Å². The third kappa shape index (κ3) is 1.90. The third-order valence-corrected chi connectivity index (χ3v) is 2.14. The van der Waals surface area contributed by atoms with Crippen molar-refractivity contribution in [2.75, 3.05) is 7.11 Å². The van der Waals surface area contributed by atoms with Gasteiger partial charge in [0.1, 0.15) is 5.75 Å². The van der Waals surface area contributed by atoms with Crippen molar-refractivity contribution in [1.29, 1.82) is 0 Å². The first-order valence-electron chi connectivity index (χ1n) is 4.63. The number of benzene rings is 1. The lowest BCUT2D eigenvalue weighted by Crippen LogP contribution is -2.31. The maximum Gasteiger partial charge on any atom is 0.492 e. The van der Waals surface area contributed by atoms with Gasteiger partial charge in [-0.1, -0.05) is 6.07 Å². The molecular formula is C9H10BN3O3. The minimum Gasteiger partial charge on any atom is -0.497 e. The molecule has 7 heteroatoms. The molecule has 0 unspecified atom stereocenters. The minimum atomic E-state index is -1.56. The molecule has 6 nitrogen and oxygen atoms in total. The molecule has 1 heterocycles. The maximum absolute atomic E-state index is 9.09. The first kappa shape index (κ1) is 10.7. The van der Waals surface area contributed by atoms with Crippen molar-refractivity contribution in [3.8, 4) is 11.4 Å². The normalized spacial score (nSPS) is 10.2. The summed E-state index contributed by atoms with van der Waals surface area (Å²) in [6.45, 7) is 0. The monoisotopic (exact) mass is 219 g/mol. The summed E-state index contributed by atoms with van der Waals surface area (Å²) < 4.78 is 5.06. The van der Waals surface area contributed by atoms with E-state index in [1.165, 1.54) is 11.9 Å². The summed E-state index contributed by atoms with van der Waals surface area (Å²) in [5.41, 5.74) is 0.990. The van der Waals surface area contributed by atoms with E-state index in [4.69, 9.17) is 14.8 Å². The van der Waals surface area contributed by atoms with Crippen LogP contribution < -0.4 is 10.2 Å². The summed E-state index contributed by atoms with van der Waals surface area (Å²) in [4.78, 5) is 1.41. The molecule has 0 fully saturated rings. The number of nitrogens with zero attached hydrogens (tertiary/aromatic N) is 3. The van der Waals surface area contributed by atoms with Gasteiger partial charge in [0.25, 0.3) is 0 Å². The predicted molar refractivity (Wildman–Crippen MR) is 57.7 cm³/mol. The molecule has 0 bridgehead atoms. The molecule has 0 atom stereocenters. The van der Waals surface area contributed by atoms with Crippen LogP contribution in [0.2, 0.25) is 0 Å². The van der Waals surface area contributed by atoms with Gasteiger partial charge in [0, 0.05) is 11.5 Å². The van der Waals surface area contributed by atoms with Gasteiger partial charge in [-0.2, -0.15) is 15.0 Å². The van der Waals surface area contributed by atoms with Crippen molar-refractivity contribution in [3.63, 3.8) is 0 Å². The summed E-state index contributed by atoms with van der Waals surface area (Å²) in [6, 6.07) is 4.87. The largest absolute Gasteiger partial charge is 0.497 e. The average Bonchev–Trinajstić information content (AvgIpc) is 2.81. The zero-order valence-corrected chi connectivity index (χ0v) is 8.61. The van der Waals surface area contributed by atoms with Gasteiger partial charge in [-0.25, -0.2) is 0 Å². The van der Waals surface area contributed by atoms with Gasteiger partial charge in [0.2, 0.25) is 0 Å². The molecule has 0 amide bonds. The van der Waals surface area contributed by atoms with E-state index in [1.54, 1.807) is 30.6 Å². The molecule has 1 aromatic carbocycles. The molecule has 0 saturated carbocycles. The quantitative estimate of drug-likeness (QED) is 0.644. The topological polar surface area (TPSA) is 80.4 Å². The fourth-order valence-electron chi connectivity index (χ4n) is 1.39. The first-order valence-corrected chi connectivity index (χ1v) is 4.63. The molecule has 0 aliphatic heterocycles. The van der Waals surface area contributed by atoms with E-state index in [1.807, 2.05) is 0 Å². The van der Waals surface area contributed by atoms with E-state index in [2.05, 4.69) is 10.2 Å². The van der Waals surface area contributed by atoms with Crippen LogP contribution in [0.25, 0.3) is 5.69 Å². The highest BCUT2D eigenvalue weighted by Gasteiger charge is 2.17.